The van der Waals surface area contributed by atoms with Crippen LogP contribution in [0.2, 0.25) is 18.6 Å². The molecule has 0 unspecified atom stereocenters. The zero-order chi connectivity index (χ0) is 31.6. The zero-order valence-corrected chi connectivity index (χ0v) is 25.6. The zero-order valence-electron chi connectivity index (χ0n) is 24.6. The summed E-state index contributed by atoms with van der Waals surface area (Å²) in [5.74, 6) is -2.05. The Hall–Kier alpha value is -2.47. The normalized spacial score (nSPS) is 37.7. The van der Waals surface area contributed by atoms with Crippen molar-refractivity contribution in [2.75, 3.05) is 30.4 Å². The number of likely N-dealkylation sites (N-methyl/N-ethyl adjacent to an activating group) is 1. The summed E-state index contributed by atoms with van der Waals surface area (Å²) < 4.78 is 11.6. The third-order valence-electron chi connectivity index (χ3n) is 9.51. The van der Waals surface area contributed by atoms with Crippen LogP contribution in [0.5, 0.6) is 0 Å². The second-order valence-electron chi connectivity index (χ2n) is 12.6. The highest BCUT2D eigenvalue weighted by Crippen LogP contribution is 2.59. The van der Waals surface area contributed by atoms with Crippen molar-refractivity contribution in [3.05, 3.63) is 23.8 Å². The molecule has 0 aromatic heterocycles. The predicted octanol–water partition coefficient (Wildman–Crippen LogP) is -1.43. The number of anilines is 2. The van der Waals surface area contributed by atoms with Crippen LogP contribution in [-0.4, -0.2) is 124 Å². The van der Waals surface area contributed by atoms with Crippen molar-refractivity contribution < 1.29 is 54.2 Å². The summed E-state index contributed by atoms with van der Waals surface area (Å²) in [5, 5.41) is 52.2. The molecule has 43 heavy (non-hydrogen) atoms. The van der Waals surface area contributed by atoms with E-state index in [1.165, 1.54) is 11.0 Å². The number of carbonyl (C=O) groups is 3. The van der Waals surface area contributed by atoms with Crippen molar-refractivity contribution in [1.29, 1.82) is 0 Å². The summed E-state index contributed by atoms with van der Waals surface area (Å²) in [6, 6.07) is 4.42. The maximum atomic E-state index is 14.0. The van der Waals surface area contributed by atoms with Gasteiger partial charge >= 0.3 is 0 Å². The molecule has 15 heteroatoms. The van der Waals surface area contributed by atoms with Gasteiger partial charge in [0.25, 0.3) is 11.8 Å². The van der Waals surface area contributed by atoms with Gasteiger partial charge in [-0.25, -0.2) is 0 Å². The van der Waals surface area contributed by atoms with Crippen LogP contribution >= 0.6 is 0 Å². The van der Waals surface area contributed by atoms with E-state index in [1.54, 1.807) is 37.2 Å². The number of amides is 3. The topological polar surface area (TPSA) is 210 Å². The van der Waals surface area contributed by atoms with E-state index in [2.05, 4.69) is 5.32 Å². The van der Waals surface area contributed by atoms with Crippen molar-refractivity contribution in [1.82, 2.24) is 4.90 Å². The van der Waals surface area contributed by atoms with E-state index in [-0.39, 0.29) is 36.6 Å². The molecule has 0 bridgehead atoms. The highest BCUT2D eigenvalue weighted by molar-refractivity contribution is 6.71. The first-order valence-corrected chi connectivity index (χ1v) is 17.6. The van der Waals surface area contributed by atoms with Crippen molar-refractivity contribution in [3.63, 3.8) is 0 Å². The number of benzene rings is 1. The van der Waals surface area contributed by atoms with Crippen LogP contribution in [0.15, 0.2) is 18.2 Å². The number of hydrogen-bond donors (Lipinski definition) is 7. The fourth-order valence-corrected chi connectivity index (χ4v) is 9.95. The van der Waals surface area contributed by atoms with Gasteiger partial charge in [0.05, 0.1) is 30.9 Å². The maximum absolute atomic E-state index is 14.0. The van der Waals surface area contributed by atoms with E-state index in [0.29, 0.717) is 24.2 Å². The molecule has 0 aliphatic carbocycles. The van der Waals surface area contributed by atoms with Crippen LogP contribution in [-0.2, 0) is 29.5 Å². The van der Waals surface area contributed by atoms with Gasteiger partial charge in [-0.3, -0.25) is 14.4 Å². The number of ether oxygens (including phenoxy) is 2. The molecule has 1 aromatic carbocycles. The van der Waals surface area contributed by atoms with Gasteiger partial charge < -0.3 is 54.9 Å². The van der Waals surface area contributed by atoms with E-state index in [0.717, 1.165) is 6.42 Å². The molecule has 4 aliphatic heterocycles. The van der Waals surface area contributed by atoms with Crippen molar-refractivity contribution >= 4 is 37.4 Å². The molecule has 4 heterocycles. The molecular formula is C28H41N3O11Si. The Labute approximate surface area is 249 Å². The Kier molecular flexibility index (Phi) is 8.52. The largest absolute Gasteiger partial charge is 0.432 e. The average molecular weight is 624 g/mol. The molecule has 5 rings (SSSR count). The third-order valence-corrected chi connectivity index (χ3v) is 12.0. The lowest BCUT2D eigenvalue weighted by Gasteiger charge is -2.37. The summed E-state index contributed by atoms with van der Waals surface area (Å²) in [4.78, 5) is 54.9. The lowest BCUT2D eigenvalue weighted by molar-refractivity contribution is -0.274. The van der Waals surface area contributed by atoms with Gasteiger partial charge in [-0.1, -0.05) is 6.92 Å². The van der Waals surface area contributed by atoms with Gasteiger partial charge in [-0.15, -0.1) is 0 Å². The van der Waals surface area contributed by atoms with E-state index in [9.17, 15) is 44.7 Å². The Bertz CT molecular complexity index is 1280. The molecule has 0 radical (unpaired) electrons. The SMILES string of the molecule is C[C@@H]1[C@@H]([Si](C)(C)O)[C@H](CC(=O)N2CCC[C@H]2CO)O[C@@]12C(=O)N(C)c1ccc(NC(=O)[C@H]3O[C@@H](O)[C@H](O)[C@@H](O)[C@@H]3O)cc12. The Morgan fingerprint density at radius 1 is 1.14 bits per heavy atom. The first-order valence-electron chi connectivity index (χ1n) is 14.5. The summed E-state index contributed by atoms with van der Waals surface area (Å²) in [6.45, 7) is 5.68. The Morgan fingerprint density at radius 3 is 2.49 bits per heavy atom. The van der Waals surface area contributed by atoms with Crippen LogP contribution in [0.4, 0.5) is 11.4 Å². The molecule has 1 aromatic rings. The molecule has 3 amide bonds. The molecule has 0 saturated carbocycles. The fraction of sp³-hybridized carbons (Fsp3) is 0.679. The van der Waals surface area contributed by atoms with Crippen LogP contribution in [0, 0.1) is 5.92 Å². The van der Waals surface area contributed by atoms with Gasteiger partial charge in [0, 0.05) is 36.3 Å². The van der Waals surface area contributed by atoms with Crippen LogP contribution in [0.1, 0.15) is 31.7 Å². The van der Waals surface area contributed by atoms with Gasteiger partial charge in [-0.2, -0.15) is 0 Å². The maximum Gasteiger partial charge on any atom is 0.264 e. The second kappa shape index (κ2) is 11.5. The Balaban J connectivity index is 1.46. The van der Waals surface area contributed by atoms with Crippen molar-refractivity contribution in [3.8, 4) is 0 Å². The lowest BCUT2D eigenvalue weighted by atomic mass is 9.82. The minimum atomic E-state index is -3.03. The second-order valence-corrected chi connectivity index (χ2v) is 16.6. The summed E-state index contributed by atoms with van der Waals surface area (Å²) in [7, 11) is -1.44. The monoisotopic (exact) mass is 623 g/mol. The van der Waals surface area contributed by atoms with Gasteiger partial charge in [0.15, 0.2) is 26.3 Å². The number of likely N-dealkylation sites (tertiary alicyclic amines) is 1. The van der Waals surface area contributed by atoms with Crippen LogP contribution in [0.3, 0.4) is 0 Å². The van der Waals surface area contributed by atoms with Gasteiger partial charge in [0.2, 0.25) is 5.91 Å². The van der Waals surface area contributed by atoms with Crippen LogP contribution in [0.25, 0.3) is 0 Å². The third kappa shape index (κ3) is 5.19. The molecule has 14 nitrogen and oxygen atoms in total. The molecule has 238 valence electrons. The summed E-state index contributed by atoms with van der Waals surface area (Å²) in [5.41, 5.74) is -0.924. The molecule has 4 aliphatic rings. The molecule has 3 saturated heterocycles. The minimum Gasteiger partial charge on any atom is -0.432 e. The molecule has 1 spiro atoms. The highest BCUT2D eigenvalue weighted by atomic mass is 28.4. The number of nitrogens with zero attached hydrogens (tertiary/aromatic N) is 2. The molecule has 7 N–H and O–H groups in total. The van der Waals surface area contributed by atoms with E-state index >= 15 is 0 Å². The number of aliphatic hydroxyl groups is 5. The van der Waals surface area contributed by atoms with Crippen molar-refractivity contribution in [2.45, 2.75) is 93.3 Å². The van der Waals surface area contributed by atoms with E-state index in [1.807, 2.05) is 6.92 Å². The number of rotatable bonds is 6. The number of fused-ring (bicyclic) bond motifs is 2. The first kappa shape index (κ1) is 31.9. The number of aliphatic hydroxyl groups excluding tert-OH is 5. The van der Waals surface area contributed by atoms with E-state index in [4.69, 9.17) is 9.47 Å². The Morgan fingerprint density at radius 2 is 1.84 bits per heavy atom. The summed E-state index contributed by atoms with van der Waals surface area (Å²) in [6.07, 6.45) is -8.41. The smallest absolute Gasteiger partial charge is 0.264 e. The van der Waals surface area contributed by atoms with E-state index < -0.39 is 68.1 Å². The van der Waals surface area contributed by atoms with Gasteiger partial charge in [-0.05, 0) is 44.1 Å². The number of hydrogen-bond acceptors (Lipinski definition) is 11. The van der Waals surface area contributed by atoms with Crippen LogP contribution < -0.4 is 10.2 Å². The fourth-order valence-electron chi connectivity index (χ4n) is 7.40. The quantitative estimate of drug-likeness (QED) is 0.183. The first-order chi connectivity index (χ1) is 20.1. The number of carbonyl (C=O) groups excluding carboxylic acids is 3. The minimum absolute atomic E-state index is 0.0690. The van der Waals surface area contributed by atoms with Crippen molar-refractivity contribution in [2.24, 2.45) is 5.92 Å². The lowest BCUT2D eigenvalue weighted by Crippen LogP contribution is -2.60. The number of nitrogens with one attached hydrogen (secondary N) is 1. The van der Waals surface area contributed by atoms with Gasteiger partial charge in [0.1, 0.15) is 18.3 Å². The average Bonchev–Trinajstić information content (AvgIpc) is 3.60. The standard InChI is InChI=1S/C28H41N3O11Si/c1-13-24(43(3,4)40)18(11-19(33)31-9-5-6-15(31)12-32)42-28(13)16-10-14(7-8-17(16)30(2)27(28)39)29-25(37)23-21(35)20(34)22(36)26(38)41-23/h7-8,10,13,15,18,20-24,26,32,34-36,38,40H,5-6,9,11-12H2,1-4H3,(H,29,37)/t13-,15+,18+,20+,21+,22-,23+,24-,26-,28+/m1/s1. The highest BCUT2D eigenvalue weighted by Gasteiger charge is 2.66. The predicted molar refractivity (Wildman–Crippen MR) is 153 cm³/mol. The summed E-state index contributed by atoms with van der Waals surface area (Å²) >= 11 is 0. The molecular weight excluding hydrogens is 582 g/mol. The molecule has 10 atom stereocenters. The molecule has 3 fully saturated rings.